The Kier molecular flexibility index (Phi) is 15.4. The quantitative estimate of drug-likeness (QED) is 0.172. The SMILES string of the molecule is COCCOCCC[Si](C)(O[SiH](C)O[Si](C)(C)C)O[Si](C)(CCCN(C)C)O[Si](C)(C)C. The van der Waals surface area contributed by atoms with Crippen LogP contribution in [-0.4, -0.2) is 95.5 Å². The first-order chi connectivity index (χ1) is 14.5. The fourth-order valence-corrected chi connectivity index (χ4v) is 24.4. The molecule has 0 N–H and O–H groups in total. The van der Waals surface area contributed by atoms with Gasteiger partial charge in [-0.15, -0.1) is 0 Å². The summed E-state index contributed by atoms with van der Waals surface area (Å²) in [5.41, 5.74) is 0. The van der Waals surface area contributed by atoms with Crippen LogP contribution in [0.1, 0.15) is 12.8 Å². The molecule has 0 aliphatic rings. The van der Waals surface area contributed by atoms with E-state index in [1.54, 1.807) is 7.11 Å². The summed E-state index contributed by atoms with van der Waals surface area (Å²) >= 11 is 0. The summed E-state index contributed by atoms with van der Waals surface area (Å²) in [6.07, 6.45) is 1.98. The first-order valence-electron chi connectivity index (χ1n) is 12.0. The van der Waals surface area contributed by atoms with Crippen molar-refractivity contribution in [2.45, 2.75) is 83.9 Å². The van der Waals surface area contributed by atoms with E-state index in [-0.39, 0.29) is 0 Å². The van der Waals surface area contributed by atoms with Gasteiger partial charge in [-0.1, -0.05) is 0 Å². The fraction of sp³-hybridized carbons (Fsp3) is 1.00. The molecule has 0 fully saturated rings. The standard InChI is InChI=1S/C20H53NO6Si5/c1-21(2)15-13-19-32(12,26-30(8,9)10)27-31(11,20-14-16-23-18-17-22-3)25-28(4)24-29(5,6)7/h28H,13-20H2,1-12H3. The van der Waals surface area contributed by atoms with E-state index in [0.29, 0.717) is 19.8 Å². The van der Waals surface area contributed by atoms with Crippen LogP contribution in [0.2, 0.25) is 71.0 Å². The highest BCUT2D eigenvalue weighted by Gasteiger charge is 2.45. The van der Waals surface area contributed by atoms with E-state index in [4.69, 9.17) is 25.9 Å². The van der Waals surface area contributed by atoms with Crippen LogP contribution in [0.3, 0.4) is 0 Å². The number of methoxy groups -OCH3 is 1. The largest absolute Gasteiger partial charge is 0.439 e. The van der Waals surface area contributed by atoms with Gasteiger partial charge in [-0.2, -0.15) is 0 Å². The number of rotatable bonds is 19. The maximum atomic E-state index is 7.04. The Morgan fingerprint density at radius 2 is 1.28 bits per heavy atom. The zero-order chi connectivity index (χ0) is 25.1. The van der Waals surface area contributed by atoms with E-state index >= 15 is 0 Å². The molecule has 32 heavy (non-hydrogen) atoms. The van der Waals surface area contributed by atoms with Crippen LogP contribution >= 0.6 is 0 Å². The smallest absolute Gasteiger partial charge is 0.317 e. The monoisotopic (exact) mass is 543 g/mol. The van der Waals surface area contributed by atoms with Gasteiger partial charge in [-0.3, -0.25) is 0 Å². The van der Waals surface area contributed by atoms with Gasteiger partial charge in [0.1, 0.15) is 0 Å². The molecule has 0 aliphatic heterocycles. The van der Waals surface area contributed by atoms with Gasteiger partial charge in [0.2, 0.25) is 0 Å². The van der Waals surface area contributed by atoms with Crippen LogP contribution in [0.4, 0.5) is 0 Å². The molecule has 0 rings (SSSR count). The Balaban J connectivity index is 5.42. The predicted octanol–water partition coefficient (Wildman–Crippen LogP) is 4.72. The summed E-state index contributed by atoms with van der Waals surface area (Å²) in [4.78, 5) is 2.23. The van der Waals surface area contributed by atoms with Crippen LogP contribution in [0.15, 0.2) is 0 Å². The van der Waals surface area contributed by atoms with E-state index in [1.807, 2.05) is 0 Å². The lowest BCUT2D eigenvalue weighted by molar-refractivity contribution is 0.0703. The van der Waals surface area contributed by atoms with Crippen LogP contribution in [0.25, 0.3) is 0 Å². The highest BCUT2D eigenvalue weighted by molar-refractivity contribution is 6.88. The van der Waals surface area contributed by atoms with Gasteiger partial charge in [-0.25, -0.2) is 0 Å². The van der Waals surface area contributed by atoms with Gasteiger partial charge in [0, 0.05) is 13.7 Å². The van der Waals surface area contributed by atoms with Crippen molar-refractivity contribution in [1.82, 2.24) is 4.90 Å². The molecule has 0 radical (unpaired) electrons. The topological polar surface area (TPSA) is 58.6 Å². The molecule has 0 aliphatic carbocycles. The molecule has 3 atom stereocenters. The van der Waals surface area contributed by atoms with Crippen molar-refractivity contribution in [2.75, 3.05) is 47.6 Å². The number of hydrogen-bond acceptors (Lipinski definition) is 7. The molecule has 3 unspecified atom stereocenters. The number of hydrogen-bond donors (Lipinski definition) is 0. The van der Waals surface area contributed by atoms with E-state index in [0.717, 1.165) is 31.5 Å². The zero-order valence-electron chi connectivity index (χ0n) is 23.1. The van der Waals surface area contributed by atoms with Crippen molar-refractivity contribution in [3.05, 3.63) is 0 Å². The molecule has 0 aromatic rings. The molecule has 0 saturated heterocycles. The van der Waals surface area contributed by atoms with E-state index < -0.39 is 43.0 Å². The van der Waals surface area contributed by atoms with Crippen molar-refractivity contribution in [2.24, 2.45) is 0 Å². The van der Waals surface area contributed by atoms with Crippen LogP contribution < -0.4 is 0 Å². The molecule has 0 heterocycles. The summed E-state index contributed by atoms with van der Waals surface area (Å²) in [6.45, 7) is 23.0. The zero-order valence-corrected chi connectivity index (χ0v) is 28.3. The second kappa shape index (κ2) is 15.0. The molecule has 7 nitrogen and oxygen atoms in total. The minimum Gasteiger partial charge on any atom is -0.439 e. The minimum atomic E-state index is -2.50. The molecule has 0 spiro atoms. The van der Waals surface area contributed by atoms with Gasteiger partial charge in [0.15, 0.2) is 16.6 Å². The lowest BCUT2D eigenvalue weighted by Gasteiger charge is -2.42. The van der Waals surface area contributed by atoms with Gasteiger partial charge in [0.25, 0.3) is 9.28 Å². The number of nitrogens with zero attached hydrogens (tertiary/aromatic N) is 1. The third kappa shape index (κ3) is 18.2. The predicted molar refractivity (Wildman–Crippen MR) is 147 cm³/mol. The summed E-state index contributed by atoms with van der Waals surface area (Å²) in [7, 11) is -4.20. The Morgan fingerprint density at radius 3 is 1.78 bits per heavy atom. The molecule has 0 aromatic carbocycles. The van der Waals surface area contributed by atoms with Gasteiger partial charge in [0.05, 0.1) is 13.2 Å². The molecule has 194 valence electrons. The second-order valence-corrected chi connectivity index (χ2v) is 29.8. The number of ether oxygens (including phenoxy) is 2. The van der Waals surface area contributed by atoms with Crippen LogP contribution in [-0.2, 0) is 25.9 Å². The summed E-state index contributed by atoms with van der Waals surface area (Å²) in [6, 6.07) is 1.87. The summed E-state index contributed by atoms with van der Waals surface area (Å²) in [5, 5.41) is 0. The maximum absolute atomic E-state index is 7.04. The van der Waals surface area contributed by atoms with Crippen molar-refractivity contribution in [3.8, 4) is 0 Å². The third-order valence-electron chi connectivity index (χ3n) is 4.48. The minimum absolute atomic E-state index is 0.621. The van der Waals surface area contributed by atoms with Crippen molar-refractivity contribution >= 4 is 43.0 Å². The normalized spacial score (nSPS) is 17.9. The summed E-state index contributed by atoms with van der Waals surface area (Å²) < 4.78 is 37.7. The highest BCUT2D eigenvalue weighted by atomic mass is 28.5. The van der Waals surface area contributed by atoms with Crippen LogP contribution in [0.5, 0.6) is 0 Å². The van der Waals surface area contributed by atoms with Crippen molar-refractivity contribution in [1.29, 1.82) is 0 Å². The molecule has 0 aromatic heterocycles. The highest BCUT2D eigenvalue weighted by Crippen LogP contribution is 2.29. The molecule has 0 bridgehead atoms. The lowest BCUT2D eigenvalue weighted by Crippen LogP contribution is -2.57. The van der Waals surface area contributed by atoms with Gasteiger partial charge < -0.3 is 30.8 Å². The van der Waals surface area contributed by atoms with Gasteiger partial charge in [-0.05, 0) is 104 Å². The molecule has 0 amide bonds. The Morgan fingerprint density at radius 1 is 0.688 bits per heavy atom. The first kappa shape index (κ1) is 32.8. The molecular weight excluding hydrogens is 491 g/mol. The van der Waals surface area contributed by atoms with E-state index in [9.17, 15) is 0 Å². The molecule has 0 saturated carbocycles. The molecule has 12 heteroatoms. The fourth-order valence-electron chi connectivity index (χ4n) is 3.69. The Bertz CT molecular complexity index is 506. The van der Waals surface area contributed by atoms with Gasteiger partial charge >= 0.3 is 17.1 Å². The van der Waals surface area contributed by atoms with Crippen molar-refractivity contribution in [3.63, 3.8) is 0 Å². The molecular formula is C20H53NO6Si5. The average Bonchev–Trinajstić information content (AvgIpc) is 2.53. The van der Waals surface area contributed by atoms with E-state index in [1.165, 1.54) is 0 Å². The summed E-state index contributed by atoms with van der Waals surface area (Å²) in [5.74, 6) is 0. The Labute approximate surface area is 205 Å². The van der Waals surface area contributed by atoms with Crippen LogP contribution in [0, 0.1) is 0 Å². The lowest BCUT2D eigenvalue weighted by atomic mass is 10.5. The second-order valence-electron chi connectivity index (χ2n) is 11.1. The first-order valence-corrected chi connectivity index (χ1v) is 25.9. The maximum Gasteiger partial charge on any atom is 0.317 e. The van der Waals surface area contributed by atoms with E-state index in [2.05, 4.69) is 77.9 Å². The van der Waals surface area contributed by atoms with Crippen molar-refractivity contribution < 1.29 is 25.9 Å². The Hall–Kier alpha value is 0.804. The average molecular weight is 544 g/mol. The third-order valence-corrected chi connectivity index (χ3v) is 22.1.